The van der Waals surface area contributed by atoms with Gasteiger partial charge in [0.15, 0.2) is 0 Å². The number of rotatable bonds is 6. The van der Waals surface area contributed by atoms with Crippen molar-refractivity contribution in [2.24, 2.45) is 0 Å². The Bertz CT molecular complexity index is 767. The van der Waals surface area contributed by atoms with Crippen LogP contribution in [0.3, 0.4) is 0 Å². The molecule has 2 unspecified atom stereocenters. The van der Waals surface area contributed by atoms with Crippen molar-refractivity contribution in [1.82, 2.24) is 0 Å². The monoisotopic (exact) mass is 394 g/mol. The smallest absolute Gasteiger partial charge is 0.426 e. The summed E-state index contributed by atoms with van der Waals surface area (Å²) >= 11 is 12.2. The lowest BCUT2D eigenvalue weighted by Crippen LogP contribution is -2.14. The van der Waals surface area contributed by atoms with Gasteiger partial charge in [0.25, 0.3) is 0 Å². The summed E-state index contributed by atoms with van der Waals surface area (Å²) < 4.78 is 10.5. The SMILES string of the molecule is CC(OC(=O)OC(C)c1ccc(C=O)cc1Cl)c1ccc(C=O)cc1Cl. The molecule has 0 aliphatic carbocycles. The maximum Gasteiger partial charge on any atom is 0.509 e. The summed E-state index contributed by atoms with van der Waals surface area (Å²) in [5, 5.41) is 0.630. The van der Waals surface area contributed by atoms with Crippen LogP contribution in [0.4, 0.5) is 4.79 Å². The highest BCUT2D eigenvalue weighted by atomic mass is 35.5. The molecular formula is C19H16Cl2O5. The molecule has 0 saturated carbocycles. The predicted octanol–water partition coefficient (Wildman–Crippen LogP) is 5.59. The molecule has 2 aromatic rings. The van der Waals surface area contributed by atoms with Gasteiger partial charge in [-0.25, -0.2) is 4.79 Å². The van der Waals surface area contributed by atoms with Crippen LogP contribution in [0, 0.1) is 0 Å². The lowest BCUT2D eigenvalue weighted by atomic mass is 10.1. The van der Waals surface area contributed by atoms with Crippen molar-refractivity contribution in [2.75, 3.05) is 0 Å². The molecule has 2 aromatic carbocycles. The normalized spacial score (nSPS) is 12.8. The quantitative estimate of drug-likeness (QED) is 0.471. The van der Waals surface area contributed by atoms with E-state index in [4.69, 9.17) is 32.7 Å². The van der Waals surface area contributed by atoms with Gasteiger partial charge >= 0.3 is 6.16 Å². The van der Waals surface area contributed by atoms with Crippen molar-refractivity contribution < 1.29 is 23.9 Å². The molecule has 0 radical (unpaired) electrons. The van der Waals surface area contributed by atoms with Crippen LogP contribution in [-0.4, -0.2) is 18.7 Å². The molecule has 0 heterocycles. The van der Waals surface area contributed by atoms with Crippen LogP contribution in [-0.2, 0) is 9.47 Å². The van der Waals surface area contributed by atoms with Gasteiger partial charge in [0.1, 0.15) is 24.8 Å². The molecule has 26 heavy (non-hydrogen) atoms. The van der Waals surface area contributed by atoms with Crippen molar-refractivity contribution in [3.8, 4) is 0 Å². The van der Waals surface area contributed by atoms with Gasteiger partial charge in [-0.15, -0.1) is 0 Å². The van der Waals surface area contributed by atoms with Gasteiger partial charge in [-0.2, -0.15) is 0 Å². The molecule has 7 heteroatoms. The minimum Gasteiger partial charge on any atom is -0.426 e. The van der Waals surface area contributed by atoms with Gasteiger partial charge in [-0.05, 0) is 26.0 Å². The first-order chi connectivity index (χ1) is 12.3. The summed E-state index contributed by atoms with van der Waals surface area (Å²) in [6.45, 7) is 3.28. The third-order valence-electron chi connectivity index (χ3n) is 3.74. The molecule has 0 saturated heterocycles. The van der Waals surface area contributed by atoms with Crippen LogP contribution >= 0.6 is 23.2 Å². The van der Waals surface area contributed by atoms with E-state index in [1.807, 2.05) is 0 Å². The van der Waals surface area contributed by atoms with Crippen molar-refractivity contribution in [3.05, 3.63) is 68.7 Å². The Morgan fingerprint density at radius 2 is 1.23 bits per heavy atom. The number of ether oxygens (including phenoxy) is 2. The van der Waals surface area contributed by atoms with Gasteiger partial charge < -0.3 is 9.47 Å². The summed E-state index contributed by atoms with van der Waals surface area (Å²) in [5.41, 5.74) is 1.96. The molecule has 0 aliphatic heterocycles. The number of aldehydes is 2. The van der Waals surface area contributed by atoms with Gasteiger partial charge in [-0.3, -0.25) is 9.59 Å². The number of carbonyl (C=O) groups excluding carboxylic acids is 3. The highest BCUT2D eigenvalue weighted by molar-refractivity contribution is 6.32. The Morgan fingerprint density at radius 3 is 1.54 bits per heavy atom. The topological polar surface area (TPSA) is 69.7 Å². The third-order valence-corrected chi connectivity index (χ3v) is 4.40. The average molecular weight is 395 g/mol. The zero-order valence-electron chi connectivity index (χ0n) is 14.1. The molecule has 0 N–H and O–H groups in total. The summed E-state index contributed by atoms with van der Waals surface area (Å²) in [6.07, 6.45) is -0.879. The molecule has 136 valence electrons. The van der Waals surface area contributed by atoms with Gasteiger partial charge in [0, 0.05) is 32.3 Å². The summed E-state index contributed by atoms with van der Waals surface area (Å²) in [4.78, 5) is 33.5. The van der Waals surface area contributed by atoms with E-state index in [1.165, 1.54) is 12.1 Å². The summed E-state index contributed by atoms with van der Waals surface area (Å²) in [5.74, 6) is 0. The van der Waals surface area contributed by atoms with Crippen molar-refractivity contribution >= 4 is 41.9 Å². The zero-order chi connectivity index (χ0) is 19.3. The lowest BCUT2D eigenvalue weighted by Gasteiger charge is -2.18. The molecule has 0 fully saturated rings. The van der Waals surface area contributed by atoms with E-state index in [0.29, 0.717) is 44.9 Å². The Labute approximate surface area is 160 Å². The van der Waals surface area contributed by atoms with Crippen molar-refractivity contribution in [1.29, 1.82) is 0 Å². The minimum atomic E-state index is -0.893. The molecule has 2 rings (SSSR count). The fourth-order valence-corrected chi connectivity index (χ4v) is 3.02. The van der Waals surface area contributed by atoms with Crippen LogP contribution in [0.5, 0.6) is 0 Å². The first-order valence-electron chi connectivity index (χ1n) is 7.72. The van der Waals surface area contributed by atoms with Crippen molar-refractivity contribution in [2.45, 2.75) is 26.1 Å². The second-order valence-electron chi connectivity index (χ2n) is 5.57. The maximum atomic E-state index is 12.0. The fraction of sp³-hybridized carbons (Fsp3) is 0.211. The van der Waals surface area contributed by atoms with Crippen LogP contribution in [0.25, 0.3) is 0 Å². The number of carbonyl (C=O) groups is 3. The summed E-state index contributed by atoms with van der Waals surface area (Å²) in [7, 11) is 0. The first-order valence-corrected chi connectivity index (χ1v) is 8.47. The number of benzene rings is 2. The van der Waals surface area contributed by atoms with Crippen LogP contribution in [0.1, 0.15) is 57.9 Å². The largest absolute Gasteiger partial charge is 0.509 e. The van der Waals surface area contributed by atoms with Crippen LogP contribution < -0.4 is 0 Å². The standard InChI is InChI=1S/C19H16Cl2O5/c1-11(15-5-3-13(9-22)7-17(15)20)25-19(24)26-12(2)16-6-4-14(10-23)8-18(16)21/h3-12H,1-2H3. The van der Waals surface area contributed by atoms with E-state index in [2.05, 4.69) is 0 Å². The van der Waals surface area contributed by atoms with Crippen LogP contribution in [0.15, 0.2) is 36.4 Å². The molecule has 0 aliphatic rings. The maximum absolute atomic E-state index is 12.0. The van der Waals surface area contributed by atoms with Crippen LogP contribution in [0.2, 0.25) is 10.0 Å². The molecule has 2 atom stereocenters. The van der Waals surface area contributed by atoms with E-state index in [9.17, 15) is 14.4 Å². The number of hydrogen-bond donors (Lipinski definition) is 0. The highest BCUT2D eigenvalue weighted by Gasteiger charge is 2.20. The fourth-order valence-electron chi connectivity index (χ4n) is 2.34. The summed E-state index contributed by atoms with van der Waals surface area (Å²) in [6, 6.07) is 9.37. The van der Waals surface area contributed by atoms with E-state index >= 15 is 0 Å². The van der Waals surface area contributed by atoms with Gasteiger partial charge in [0.05, 0.1) is 0 Å². The van der Waals surface area contributed by atoms with E-state index in [-0.39, 0.29) is 0 Å². The third kappa shape index (κ3) is 4.84. The van der Waals surface area contributed by atoms with E-state index < -0.39 is 18.4 Å². The molecular weight excluding hydrogens is 379 g/mol. The second-order valence-corrected chi connectivity index (χ2v) is 6.38. The molecule has 0 amide bonds. The molecule has 0 aromatic heterocycles. The van der Waals surface area contributed by atoms with Crippen molar-refractivity contribution in [3.63, 3.8) is 0 Å². The average Bonchev–Trinajstić information content (AvgIpc) is 2.60. The highest BCUT2D eigenvalue weighted by Crippen LogP contribution is 2.29. The second kappa shape index (κ2) is 8.83. The number of hydrogen-bond acceptors (Lipinski definition) is 5. The molecule has 0 spiro atoms. The van der Waals surface area contributed by atoms with E-state index in [0.717, 1.165) is 0 Å². The van der Waals surface area contributed by atoms with Gasteiger partial charge in [0.2, 0.25) is 0 Å². The Morgan fingerprint density at radius 1 is 0.846 bits per heavy atom. The Balaban J connectivity index is 2.03. The Hall–Kier alpha value is -2.37. The Kier molecular flexibility index (Phi) is 6.77. The predicted molar refractivity (Wildman–Crippen MR) is 98.1 cm³/mol. The molecule has 0 bridgehead atoms. The van der Waals surface area contributed by atoms with Gasteiger partial charge in [-0.1, -0.05) is 47.5 Å². The number of halogens is 2. The lowest BCUT2D eigenvalue weighted by molar-refractivity contribution is 0.00629. The van der Waals surface area contributed by atoms with E-state index in [1.54, 1.807) is 38.1 Å². The minimum absolute atomic E-state index is 0.315. The molecule has 5 nitrogen and oxygen atoms in total. The first kappa shape index (κ1) is 19.9. The zero-order valence-corrected chi connectivity index (χ0v) is 15.6.